The summed E-state index contributed by atoms with van der Waals surface area (Å²) in [5.41, 5.74) is -1.34. The number of aliphatic hydroxyl groups is 1. The molecule has 7 N–H and O–H groups in total. The molecule has 2 amide bonds. The number of hydrogen-bond acceptors (Lipinski definition) is 12. The molecular formula is C24H52N2O15S. The lowest BCUT2D eigenvalue weighted by molar-refractivity contribution is -0.141. The second-order valence-corrected chi connectivity index (χ2v) is 14.2. The molecule has 18 heteroatoms. The van der Waals surface area contributed by atoms with Gasteiger partial charge in [0.2, 0.25) is 0 Å². The van der Waals surface area contributed by atoms with E-state index in [4.69, 9.17) is 39.3 Å². The summed E-state index contributed by atoms with van der Waals surface area (Å²) in [4.78, 5) is 43.3. The molecule has 0 bridgehead atoms. The standard InChI is InChI=1S/C9H17NO5.C8H15NO5.C4H8O.C2H8O4S.CH4/c1-9(2,3)15-8(13)10-6(5-14-4)7(11)12;1-8(2,3)14-7(13)9-5(4-10)6(11)12;1-2-4-5-3-1;1-7(2,4,5)6-3;/h6H,5H2,1-4H3,(H,10,13)(H,11,12);5,10H,4H2,1-3H3,(H,9,13)(H,11,12);1-4H2;3H,1-2H3,(H,4,5);1H4/t6-;5-;;;/m11.../s1. The first-order valence-corrected chi connectivity index (χ1v) is 14.8. The van der Waals surface area contributed by atoms with Crippen LogP contribution < -0.4 is 10.6 Å². The molecule has 0 aromatic rings. The van der Waals surface area contributed by atoms with Crippen LogP contribution in [0.4, 0.5) is 9.59 Å². The number of amides is 2. The first-order chi connectivity index (χ1) is 18.3. The Bertz CT molecular complexity index is 840. The highest BCUT2D eigenvalue weighted by molar-refractivity contribution is 8.09. The maximum Gasteiger partial charge on any atom is 0.408 e. The van der Waals surface area contributed by atoms with E-state index in [0.717, 1.165) is 25.7 Å². The second-order valence-electron chi connectivity index (χ2n) is 10.8. The summed E-state index contributed by atoms with van der Waals surface area (Å²) in [7, 11) is -2.71. The minimum atomic E-state index is -4.06. The second kappa shape index (κ2) is 21.1. The minimum Gasteiger partial charge on any atom is -0.480 e. The van der Waals surface area contributed by atoms with Gasteiger partial charge in [-0.2, -0.15) is 0 Å². The zero-order chi connectivity index (χ0) is 33.1. The Balaban J connectivity index is -0.000000245. The van der Waals surface area contributed by atoms with Crippen molar-refractivity contribution in [3.63, 3.8) is 0 Å². The minimum absolute atomic E-state index is 0. The largest absolute Gasteiger partial charge is 0.480 e. The highest BCUT2D eigenvalue weighted by atomic mass is 32.3. The number of carboxylic acids is 2. The van der Waals surface area contributed by atoms with Crippen LogP contribution in [0.2, 0.25) is 0 Å². The number of aliphatic carboxylic acids is 2. The van der Waals surface area contributed by atoms with Gasteiger partial charge >= 0.3 is 24.1 Å². The van der Waals surface area contributed by atoms with Crippen LogP contribution in [0.3, 0.4) is 0 Å². The molecule has 42 heavy (non-hydrogen) atoms. The Morgan fingerprint density at radius 1 is 0.857 bits per heavy atom. The number of methoxy groups -OCH3 is 1. The lowest BCUT2D eigenvalue weighted by Gasteiger charge is -2.21. The normalized spacial score (nSPS) is 14.9. The highest BCUT2D eigenvalue weighted by Crippen LogP contribution is 2.09. The van der Waals surface area contributed by atoms with Crippen LogP contribution in [0.5, 0.6) is 0 Å². The maximum atomic E-state index is 11.2. The van der Waals surface area contributed by atoms with Gasteiger partial charge in [-0.15, -0.1) is 4.33 Å². The molecule has 254 valence electrons. The van der Waals surface area contributed by atoms with E-state index in [1.807, 2.05) is 5.32 Å². The van der Waals surface area contributed by atoms with E-state index in [9.17, 15) is 23.4 Å². The monoisotopic (exact) mass is 640 g/mol. The van der Waals surface area contributed by atoms with Crippen molar-refractivity contribution in [1.29, 1.82) is 0 Å². The topological polar surface area (TPSA) is 257 Å². The van der Waals surface area contributed by atoms with Crippen LogP contribution in [-0.4, -0.2) is 123 Å². The number of aliphatic hydroxyl groups excluding tert-OH is 1. The van der Waals surface area contributed by atoms with Crippen molar-refractivity contribution in [3.05, 3.63) is 0 Å². The molecule has 0 spiro atoms. The number of carbonyl (C=O) groups excluding carboxylic acids is 2. The van der Waals surface area contributed by atoms with Gasteiger partial charge in [0.05, 0.1) is 13.2 Å². The predicted octanol–water partition coefficient (Wildman–Crippen LogP) is 1.94. The average molecular weight is 641 g/mol. The molecule has 1 aliphatic rings. The fourth-order valence-electron chi connectivity index (χ4n) is 1.94. The SMILES string of the molecule is C.C1CCOC1.CC(C)(C)OC(=O)N[C@H](CO)C(=O)O.COC[C@@H](NC(=O)OC(C)(C)C)C(=O)O.CS(C)(=O)(O)OO. The van der Waals surface area contributed by atoms with Crippen LogP contribution >= 0.6 is 0 Å². The van der Waals surface area contributed by atoms with Gasteiger partial charge in [0.15, 0.2) is 12.1 Å². The van der Waals surface area contributed by atoms with Gasteiger partial charge in [0.25, 0.3) is 0 Å². The van der Waals surface area contributed by atoms with Gasteiger partial charge in [-0.1, -0.05) is 7.43 Å². The quantitative estimate of drug-likeness (QED) is 0.148. The van der Waals surface area contributed by atoms with Gasteiger partial charge < -0.3 is 49.5 Å². The van der Waals surface area contributed by atoms with Crippen molar-refractivity contribution >= 4 is 33.8 Å². The average Bonchev–Trinajstić information content (AvgIpc) is 3.34. The fourth-order valence-corrected chi connectivity index (χ4v) is 1.94. The molecule has 1 fully saturated rings. The summed E-state index contributed by atoms with van der Waals surface area (Å²) in [6.45, 7) is 11.3. The molecule has 17 nitrogen and oxygen atoms in total. The Labute approximate surface area is 247 Å². The molecule has 1 heterocycles. The molecule has 1 rings (SSSR count). The predicted molar refractivity (Wildman–Crippen MR) is 154 cm³/mol. The smallest absolute Gasteiger partial charge is 0.408 e. The van der Waals surface area contributed by atoms with E-state index < -0.39 is 63.6 Å². The Morgan fingerprint density at radius 3 is 1.38 bits per heavy atom. The van der Waals surface area contributed by atoms with Crippen LogP contribution in [0, 0.1) is 0 Å². The first kappa shape index (κ1) is 46.4. The van der Waals surface area contributed by atoms with E-state index in [1.165, 1.54) is 20.0 Å². The first-order valence-electron chi connectivity index (χ1n) is 12.2. The third-order valence-electron chi connectivity index (χ3n) is 3.53. The van der Waals surface area contributed by atoms with Crippen molar-refractivity contribution < 1.29 is 71.8 Å². The molecule has 0 saturated carbocycles. The van der Waals surface area contributed by atoms with E-state index in [2.05, 4.69) is 14.4 Å². The molecule has 0 unspecified atom stereocenters. The van der Waals surface area contributed by atoms with Gasteiger partial charge in [0, 0.05) is 32.8 Å². The number of carbonyl (C=O) groups is 4. The molecule has 0 aliphatic carbocycles. The summed E-state index contributed by atoms with van der Waals surface area (Å²) in [5.74, 6) is -2.47. The van der Waals surface area contributed by atoms with Crippen molar-refractivity contribution in [3.8, 4) is 0 Å². The molecular weight excluding hydrogens is 588 g/mol. The van der Waals surface area contributed by atoms with E-state index >= 15 is 0 Å². The van der Waals surface area contributed by atoms with Crippen LogP contribution in [0.15, 0.2) is 0 Å². The fraction of sp³-hybridized carbons (Fsp3) is 0.833. The van der Waals surface area contributed by atoms with Crippen LogP contribution in [0.25, 0.3) is 0 Å². The molecule has 0 aromatic carbocycles. The number of carboxylic acid groups (broad SMARTS) is 2. The third-order valence-corrected chi connectivity index (χ3v) is 3.96. The summed E-state index contributed by atoms with van der Waals surface area (Å²) in [6.07, 6.45) is 2.72. The molecule has 0 aromatic heterocycles. The Morgan fingerprint density at radius 2 is 1.19 bits per heavy atom. The number of rotatable bonds is 8. The summed E-state index contributed by atoms with van der Waals surface area (Å²) < 4.78 is 41.1. The van der Waals surface area contributed by atoms with Gasteiger partial charge in [0.1, 0.15) is 20.8 Å². The van der Waals surface area contributed by atoms with E-state index in [-0.39, 0.29) is 14.0 Å². The van der Waals surface area contributed by atoms with Crippen LogP contribution in [0.1, 0.15) is 61.8 Å². The van der Waals surface area contributed by atoms with E-state index in [1.54, 1.807) is 41.5 Å². The molecule has 2 atom stereocenters. The van der Waals surface area contributed by atoms with Gasteiger partial charge in [-0.25, -0.2) is 28.6 Å². The van der Waals surface area contributed by atoms with Gasteiger partial charge in [-0.05, 0) is 54.4 Å². The maximum absolute atomic E-state index is 11.2. The van der Waals surface area contributed by atoms with Crippen molar-refractivity contribution in [2.24, 2.45) is 0 Å². The third kappa shape index (κ3) is 35.4. The summed E-state index contributed by atoms with van der Waals surface area (Å²) >= 11 is 0. The zero-order valence-corrected chi connectivity index (χ0v) is 25.9. The van der Waals surface area contributed by atoms with Crippen LogP contribution in [-0.2, 0) is 42.5 Å². The van der Waals surface area contributed by atoms with E-state index in [0.29, 0.717) is 0 Å². The molecule has 0 radical (unpaired) electrons. The Kier molecular flexibility index (Phi) is 23.3. The number of ether oxygens (including phenoxy) is 4. The summed E-state index contributed by atoms with van der Waals surface area (Å²) in [5, 5.41) is 37.6. The molecule has 1 saturated heterocycles. The van der Waals surface area contributed by atoms with Crippen molar-refractivity contribution in [2.45, 2.75) is 85.1 Å². The van der Waals surface area contributed by atoms with Crippen molar-refractivity contribution in [1.82, 2.24) is 10.6 Å². The molecule has 1 aliphatic heterocycles. The number of hydrogen-bond donors (Lipinski definition) is 7. The van der Waals surface area contributed by atoms with Crippen molar-refractivity contribution in [2.75, 3.05) is 46.0 Å². The lowest BCUT2D eigenvalue weighted by atomic mass is 10.2. The number of alkyl carbamates (subject to hydrolysis) is 2. The lowest BCUT2D eigenvalue weighted by Crippen LogP contribution is -2.45. The Hall–Kier alpha value is -2.61. The zero-order valence-electron chi connectivity index (χ0n) is 25.1. The highest BCUT2D eigenvalue weighted by Gasteiger charge is 2.24. The van der Waals surface area contributed by atoms with Gasteiger partial charge in [-0.3, -0.25) is 0 Å². The summed E-state index contributed by atoms with van der Waals surface area (Å²) in [6, 6.07) is -2.42. The number of nitrogens with one attached hydrogen (secondary N) is 2.